The summed E-state index contributed by atoms with van der Waals surface area (Å²) in [7, 11) is -3.52. The third-order valence-electron chi connectivity index (χ3n) is 3.65. The smallest absolute Gasteiger partial charge is 0.241 e. The maximum absolute atomic E-state index is 12.2. The molecule has 0 saturated carbocycles. The molecule has 9 heteroatoms. The van der Waals surface area contributed by atoms with E-state index in [9.17, 15) is 13.2 Å². The van der Waals surface area contributed by atoms with Crippen LogP contribution in [0.1, 0.15) is 32.4 Å². The number of Topliss-reactive ketones (excluding diaryl/α,β-unsaturated/α-hetero) is 1. The van der Waals surface area contributed by atoms with Gasteiger partial charge in [-0.25, -0.2) is 18.1 Å². The van der Waals surface area contributed by atoms with Gasteiger partial charge in [-0.15, -0.1) is 11.3 Å². The molecule has 26 heavy (non-hydrogen) atoms. The number of carbonyl (C=O) groups excluding carboxylic acids is 1. The van der Waals surface area contributed by atoms with Crippen LogP contribution in [0.5, 0.6) is 0 Å². The Morgan fingerprint density at radius 3 is 2.65 bits per heavy atom. The number of rotatable bonds is 8. The second-order valence-corrected chi connectivity index (χ2v) is 9.47. The molecule has 0 aromatic carbocycles. The summed E-state index contributed by atoms with van der Waals surface area (Å²) in [6.45, 7) is 2.06. The normalized spacial score (nSPS) is 11.6. The third-order valence-corrected chi connectivity index (χ3v) is 6.85. The fourth-order valence-electron chi connectivity index (χ4n) is 2.25. The van der Waals surface area contributed by atoms with E-state index in [1.807, 2.05) is 6.92 Å². The largest absolute Gasteiger partial charge is 0.292 e. The number of aryl methyl sites for hydroxylation is 2. The second-order valence-electron chi connectivity index (χ2n) is 5.60. The van der Waals surface area contributed by atoms with Crippen molar-refractivity contribution in [2.75, 3.05) is 0 Å². The Morgan fingerprint density at radius 2 is 2.04 bits per heavy atom. The Kier molecular flexibility index (Phi) is 5.92. The van der Waals surface area contributed by atoms with Crippen LogP contribution in [-0.2, 0) is 23.0 Å². The molecule has 0 atom stereocenters. The van der Waals surface area contributed by atoms with Gasteiger partial charge in [0.25, 0.3) is 0 Å². The van der Waals surface area contributed by atoms with Crippen LogP contribution in [0.2, 0.25) is 0 Å². The van der Waals surface area contributed by atoms with E-state index in [0.29, 0.717) is 24.1 Å². The zero-order valence-corrected chi connectivity index (χ0v) is 16.5. The number of ketones is 1. The topological polar surface area (TPSA) is 89.0 Å². The van der Waals surface area contributed by atoms with Gasteiger partial charge in [0.2, 0.25) is 10.0 Å². The van der Waals surface area contributed by atoms with Gasteiger partial charge in [0.15, 0.2) is 5.78 Å². The van der Waals surface area contributed by atoms with Gasteiger partial charge < -0.3 is 0 Å². The summed E-state index contributed by atoms with van der Waals surface area (Å²) in [6, 6.07) is 4.90. The Morgan fingerprint density at radius 1 is 1.19 bits per heavy atom. The molecule has 136 valence electrons. The SMILES string of the molecule is Cc1ncc(CCC(=O)c2ccc(CNS(=O)(=O)c3ccsc3)cn2)s1. The molecule has 0 radical (unpaired) electrons. The minimum atomic E-state index is -3.52. The first kappa shape index (κ1) is 18.8. The molecular weight excluding hydrogens is 390 g/mol. The number of nitrogens with zero attached hydrogens (tertiary/aromatic N) is 2. The molecule has 0 amide bonds. The van der Waals surface area contributed by atoms with Crippen LogP contribution < -0.4 is 4.72 Å². The molecule has 3 aromatic rings. The highest BCUT2D eigenvalue weighted by atomic mass is 32.2. The fourth-order valence-corrected chi connectivity index (χ4v) is 5.09. The number of thiazole rings is 1. The van der Waals surface area contributed by atoms with Crippen molar-refractivity contribution < 1.29 is 13.2 Å². The highest BCUT2D eigenvalue weighted by molar-refractivity contribution is 7.89. The van der Waals surface area contributed by atoms with Gasteiger partial charge in [-0.1, -0.05) is 6.07 Å². The van der Waals surface area contributed by atoms with Gasteiger partial charge in [-0.05, 0) is 36.4 Å². The van der Waals surface area contributed by atoms with Crippen LogP contribution in [0.3, 0.4) is 0 Å². The van der Waals surface area contributed by atoms with Crippen molar-refractivity contribution in [3.05, 3.63) is 62.5 Å². The summed E-state index contributed by atoms with van der Waals surface area (Å²) in [4.78, 5) is 21.9. The molecule has 0 aliphatic heterocycles. The summed E-state index contributed by atoms with van der Waals surface area (Å²) >= 11 is 2.91. The van der Waals surface area contributed by atoms with Gasteiger partial charge in [0.1, 0.15) is 5.69 Å². The quantitative estimate of drug-likeness (QED) is 0.579. The van der Waals surface area contributed by atoms with E-state index in [4.69, 9.17) is 0 Å². The van der Waals surface area contributed by atoms with Gasteiger partial charge >= 0.3 is 0 Å². The fraction of sp³-hybridized carbons (Fsp3) is 0.235. The molecule has 0 fully saturated rings. The monoisotopic (exact) mass is 407 g/mol. The predicted molar refractivity (Wildman–Crippen MR) is 102 cm³/mol. The van der Waals surface area contributed by atoms with E-state index in [2.05, 4.69) is 14.7 Å². The lowest BCUT2D eigenvalue weighted by Crippen LogP contribution is -2.22. The number of carbonyl (C=O) groups is 1. The first-order valence-corrected chi connectivity index (χ1v) is 11.1. The summed E-state index contributed by atoms with van der Waals surface area (Å²) in [5.41, 5.74) is 1.08. The zero-order valence-electron chi connectivity index (χ0n) is 14.0. The van der Waals surface area contributed by atoms with Crippen molar-refractivity contribution in [1.29, 1.82) is 0 Å². The molecule has 0 saturated heterocycles. The molecule has 6 nitrogen and oxygen atoms in total. The summed E-state index contributed by atoms with van der Waals surface area (Å²) in [5.74, 6) is -0.0403. The minimum absolute atomic E-state index is 0.0403. The molecule has 0 bridgehead atoms. The van der Waals surface area contributed by atoms with E-state index < -0.39 is 10.0 Å². The summed E-state index contributed by atoms with van der Waals surface area (Å²) < 4.78 is 26.7. The molecule has 0 aliphatic rings. The average molecular weight is 408 g/mol. The highest BCUT2D eigenvalue weighted by Crippen LogP contribution is 2.15. The third kappa shape index (κ3) is 4.82. The van der Waals surface area contributed by atoms with Crippen LogP contribution in [-0.4, -0.2) is 24.2 Å². The number of sulfonamides is 1. The van der Waals surface area contributed by atoms with Crippen molar-refractivity contribution in [1.82, 2.24) is 14.7 Å². The maximum atomic E-state index is 12.2. The van der Waals surface area contributed by atoms with Crippen molar-refractivity contribution in [2.24, 2.45) is 0 Å². The molecule has 3 aromatic heterocycles. The Balaban J connectivity index is 1.55. The van der Waals surface area contributed by atoms with Crippen molar-refractivity contribution in [3.8, 4) is 0 Å². The van der Waals surface area contributed by atoms with Gasteiger partial charge in [-0.3, -0.25) is 9.78 Å². The molecule has 0 spiro atoms. The Bertz CT molecular complexity index is 978. The van der Waals surface area contributed by atoms with E-state index >= 15 is 0 Å². The Labute approximate surface area is 160 Å². The lowest BCUT2D eigenvalue weighted by atomic mass is 10.1. The number of pyridine rings is 1. The maximum Gasteiger partial charge on any atom is 0.241 e. The molecule has 3 heterocycles. The standard InChI is InChI=1S/C17H17N3O3S3/c1-12-18-10-14(25-12)3-5-17(21)16-4-2-13(8-19-16)9-20-26(22,23)15-6-7-24-11-15/h2,4,6-8,10-11,20H,3,5,9H2,1H3. The van der Waals surface area contributed by atoms with Crippen molar-refractivity contribution >= 4 is 38.5 Å². The second kappa shape index (κ2) is 8.17. The van der Waals surface area contributed by atoms with Crippen molar-refractivity contribution in [2.45, 2.75) is 31.2 Å². The van der Waals surface area contributed by atoms with Crippen LogP contribution in [0.25, 0.3) is 0 Å². The van der Waals surface area contributed by atoms with Crippen LogP contribution in [0, 0.1) is 6.92 Å². The molecule has 3 rings (SSSR count). The highest BCUT2D eigenvalue weighted by Gasteiger charge is 2.14. The van der Waals surface area contributed by atoms with Crippen LogP contribution in [0.4, 0.5) is 0 Å². The van der Waals surface area contributed by atoms with E-state index in [1.165, 1.54) is 17.5 Å². The minimum Gasteiger partial charge on any atom is -0.292 e. The molecule has 0 aliphatic carbocycles. The van der Waals surface area contributed by atoms with E-state index in [1.54, 1.807) is 46.5 Å². The predicted octanol–water partition coefficient (Wildman–Crippen LogP) is 3.20. The average Bonchev–Trinajstić information content (AvgIpc) is 3.30. The number of nitrogens with one attached hydrogen (secondary N) is 1. The van der Waals surface area contributed by atoms with Gasteiger partial charge in [-0.2, -0.15) is 11.3 Å². The lowest BCUT2D eigenvalue weighted by molar-refractivity contribution is 0.0978. The Hall–Kier alpha value is -1.94. The lowest BCUT2D eigenvalue weighted by Gasteiger charge is -2.06. The number of thiophene rings is 1. The molecule has 0 unspecified atom stereocenters. The van der Waals surface area contributed by atoms with Gasteiger partial charge in [0, 0.05) is 35.6 Å². The molecule has 1 N–H and O–H groups in total. The number of hydrogen-bond acceptors (Lipinski definition) is 7. The zero-order chi connectivity index (χ0) is 18.6. The number of aromatic nitrogens is 2. The van der Waals surface area contributed by atoms with Crippen molar-refractivity contribution in [3.63, 3.8) is 0 Å². The summed E-state index contributed by atoms with van der Waals surface area (Å²) in [6.07, 6.45) is 4.34. The van der Waals surface area contributed by atoms with Crippen LogP contribution >= 0.6 is 22.7 Å². The van der Waals surface area contributed by atoms with E-state index in [0.717, 1.165) is 9.88 Å². The first-order chi connectivity index (χ1) is 12.4. The van der Waals surface area contributed by atoms with Crippen LogP contribution in [0.15, 0.2) is 46.2 Å². The molecular formula is C17H17N3O3S3. The first-order valence-electron chi connectivity index (χ1n) is 7.85. The summed E-state index contributed by atoms with van der Waals surface area (Å²) in [5, 5.41) is 4.27. The van der Waals surface area contributed by atoms with E-state index in [-0.39, 0.29) is 17.2 Å². The number of hydrogen-bond donors (Lipinski definition) is 1. The van der Waals surface area contributed by atoms with Gasteiger partial charge in [0.05, 0.1) is 9.90 Å².